The number of furan rings is 1. The van der Waals surface area contributed by atoms with Crippen LogP contribution in [0.1, 0.15) is 32.1 Å². The first-order valence-electron chi connectivity index (χ1n) is 10.4. The second kappa shape index (κ2) is 10.7. The zero-order chi connectivity index (χ0) is 22.2. The van der Waals surface area contributed by atoms with Gasteiger partial charge in [-0.25, -0.2) is 4.68 Å². The minimum absolute atomic E-state index is 0.0266. The Labute approximate surface area is 181 Å². The molecule has 0 saturated heterocycles. The number of hydrogen-bond acceptors (Lipinski definition) is 6. The van der Waals surface area contributed by atoms with Gasteiger partial charge in [0.2, 0.25) is 5.91 Å². The lowest BCUT2D eigenvalue weighted by Gasteiger charge is -2.30. The van der Waals surface area contributed by atoms with Gasteiger partial charge in [-0.15, -0.1) is 5.10 Å². The molecule has 0 aliphatic carbocycles. The van der Waals surface area contributed by atoms with Gasteiger partial charge in [-0.1, -0.05) is 31.2 Å². The van der Waals surface area contributed by atoms with E-state index >= 15 is 0 Å². The largest absolute Gasteiger partial charge is 0.467 e. The van der Waals surface area contributed by atoms with E-state index in [4.69, 9.17) is 9.15 Å². The minimum Gasteiger partial charge on any atom is -0.467 e. The van der Waals surface area contributed by atoms with Crippen molar-refractivity contribution in [2.75, 3.05) is 26.8 Å². The number of rotatable bonds is 11. The fraction of sp³-hybridized carbons (Fsp3) is 0.455. The second-order valence-electron chi connectivity index (χ2n) is 7.71. The van der Waals surface area contributed by atoms with Crippen LogP contribution in [-0.4, -0.2) is 58.5 Å². The quantitative estimate of drug-likeness (QED) is 0.472. The number of amides is 2. The van der Waals surface area contributed by atoms with Gasteiger partial charge in [0, 0.05) is 20.2 Å². The van der Waals surface area contributed by atoms with Crippen molar-refractivity contribution < 1.29 is 18.7 Å². The first-order valence-corrected chi connectivity index (χ1v) is 10.4. The Bertz CT molecular complexity index is 983. The number of carbonyl (C=O) groups excluding carboxylic acids is 2. The van der Waals surface area contributed by atoms with E-state index in [1.807, 2.05) is 24.3 Å². The summed E-state index contributed by atoms with van der Waals surface area (Å²) in [7, 11) is 1.57. The fourth-order valence-corrected chi connectivity index (χ4v) is 3.29. The Morgan fingerprint density at radius 3 is 2.74 bits per heavy atom. The molecule has 2 aromatic heterocycles. The SMILES string of the molecule is COCCNC(=O)[C@H](c1ccco1)N(CCC(C)C)C(=O)Cn1nnc2ccccc21. The van der Waals surface area contributed by atoms with Crippen LogP contribution in [-0.2, 0) is 20.9 Å². The van der Waals surface area contributed by atoms with Gasteiger partial charge in [-0.2, -0.15) is 0 Å². The predicted molar refractivity (Wildman–Crippen MR) is 115 cm³/mol. The molecular formula is C22H29N5O4. The van der Waals surface area contributed by atoms with Gasteiger partial charge in [0.25, 0.3) is 5.91 Å². The standard InChI is InChI=1S/C22H29N5O4/c1-16(2)10-12-26(20(28)15-27-18-8-5-4-7-17(18)24-25-27)21(19-9-6-13-31-19)22(29)23-11-14-30-3/h4-9,13,16,21H,10-12,14-15H2,1-3H3,(H,23,29)/t21-/m0/s1. The number of ether oxygens (including phenoxy) is 1. The molecule has 0 spiro atoms. The van der Waals surface area contributed by atoms with E-state index in [9.17, 15) is 9.59 Å². The molecule has 1 aromatic carbocycles. The first-order chi connectivity index (χ1) is 15.0. The number of para-hydroxylation sites is 1. The van der Waals surface area contributed by atoms with E-state index in [0.717, 1.165) is 11.9 Å². The molecule has 1 N–H and O–H groups in total. The molecule has 0 aliphatic rings. The topological polar surface area (TPSA) is 102 Å². The predicted octanol–water partition coefficient (Wildman–Crippen LogP) is 2.40. The van der Waals surface area contributed by atoms with Gasteiger partial charge in [-0.3, -0.25) is 9.59 Å². The molecule has 0 bridgehead atoms. The maximum atomic E-state index is 13.4. The third-order valence-corrected chi connectivity index (χ3v) is 4.95. The Kier molecular flexibility index (Phi) is 7.77. The molecule has 9 nitrogen and oxygen atoms in total. The summed E-state index contributed by atoms with van der Waals surface area (Å²) < 4.78 is 12.1. The Morgan fingerprint density at radius 2 is 2.03 bits per heavy atom. The molecule has 3 aromatic rings. The van der Waals surface area contributed by atoms with Gasteiger partial charge in [0.1, 0.15) is 17.8 Å². The lowest BCUT2D eigenvalue weighted by molar-refractivity contribution is -0.142. The molecule has 0 aliphatic heterocycles. The average Bonchev–Trinajstić information content (AvgIpc) is 3.41. The van der Waals surface area contributed by atoms with Crippen LogP contribution in [0.5, 0.6) is 0 Å². The molecule has 1 atom stereocenters. The van der Waals surface area contributed by atoms with Crippen molar-refractivity contribution in [2.24, 2.45) is 5.92 Å². The lowest BCUT2D eigenvalue weighted by Crippen LogP contribution is -2.46. The Hall–Kier alpha value is -3.20. The van der Waals surface area contributed by atoms with Gasteiger partial charge in [0.15, 0.2) is 6.04 Å². The number of methoxy groups -OCH3 is 1. The van der Waals surface area contributed by atoms with Crippen molar-refractivity contribution in [3.8, 4) is 0 Å². The molecule has 9 heteroatoms. The number of fused-ring (bicyclic) bond motifs is 1. The van der Waals surface area contributed by atoms with E-state index in [-0.39, 0.29) is 18.4 Å². The minimum atomic E-state index is -0.882. The highest BCUT2D eigenvalue weighted by atomic mass is 16.5. The summed E-state index contributed by atoms with van der Waals surface area (Å²) in [5, 5.41) is 11.1. The molecule has 0 saturated carbocycles. The van der Waals surface area contributed by atoms with Crippen molar-refractivity contribution in [1.82, 2.24) is 25.2 Å². The summed E-state index contributed by atoms with van der Waals surface area (Å²) in [4.78, 5) is 28.1. The number of hydrogen-bond donors (Lipinski definition) is 1. The molecule has 3 rings (SSSR count). The second-order valence-corrected chi connectivity index (χ2v) is 7.71. The lowest BCUT2D eigenvalue weighted by atomic mass is 10.1. The van der Waals surface area contributed by atoms with E-state index in [1.54, 1.807) is 28.8 Å². The molecule has 0 fully saturated rings. The molecule has 2 amide bonds. The summed E-state index contributed by atoms with van der Waals surface area (Å²) in [5.41, 5.74) is 1.47. The molecule has 2 heterocycles. The van der Waals surface area contributed by atoms with Crippen LogP contribution in [0.15, 0.2) is 47.1 Å². The molecule has 166 valence electrons. The zero-order valence-corrected chi connectivity index (χ0v) is 18.2. The van der Waals surface area contributed by atoms with Crippen molar-refractivity contribution in [1.29, 1.82) is 0 Å². The van der Waals surface area contributed by atoms with Crippen LogP contribution in [0, 0.1) is 5.92 Å². The number of nitrogens with one attached hydrogen (secondary N) is 1. The van der Waals surface area contributed by atoms with Crippen LogP contribution >= 0.6 is 0 Å². The zero-order valence-electron chi connectivity index (χ0n) is 18.2. The van der Waals surface area contributed by atoms with E-state index in [0.29, 0.717) is 36.9 Å². The summed E-state index contributed by atoms with van der Waals surface area (Å²) in [6.07, 6.45) is 2.24. The van der Waals surface area contributed by atoms with Crippen LogP contribution in [0.3, 0.4) is 0 Å². The normalized spacial score (nSPS) is 12.3. The smallest absolute Gasteiger partial charge is 0.250 e. The summed E-state index contributed by atoms with van der Waals surface area (Å²) >= 11 is 0. The monoisotopic (exact) mass is 427 g/mol. The van der Waals surface area contributed by atoms with Crippen LogP contribution < -0.4 is 5.32 Å². The third-order valence-electron chi connectivity index (χ3n) is 4.95. The summed E-state index contributed by atoms with van der Waals surface area (Å²) in [6.45, 7) is 5.25. The van der Waals surface area contributed by atoms with E-state index in [1.165, 1.54) is 6.26 Å². The third kappa shape index (κ3) is 5.69. The Balaban J connectivity index is 1.88. The van der Waals surface area contributed by atoms with Crippen molar-refractivity contribution in [3.63, 3.8) is 0 Å². The van der Waals surface area contributed by atoms with Gasteiger partial charge >= 0.3 is 0 Å². The van der Waals surface area contributed by atoms with E-state index < -0.39 is 6.04 Å². The first kappa shape index (κ1) is 22.5. The van der Waals surface area contributed by atoms with Crippen LogP contribution in [0.2, 0.25) is 0 Å². The van der Waals surface area contributed by atoms with Crippen molar-refractivity contribution in [2.45, 2.75) is 32.9 Å². The average molecular weight is 428 g/mol. The highest BCUT2D eigenvalue weighted by Crippen LogP contribution is 2.24. The van der Waals surface area contributed by atoms with Gasteiger partial charge < -0.3 is 19.4 Å². The molecular weight excluding hydrogens is 398 g/mol. The highest BCUT2D eigenvalue weighted by molar-refractivity contribution is 5.88. The van der Waals surface area contributed by atoms with Gasteiger partial charge in [-0.05, 0) is 36.6 Å². The molecule has 31 heavy (non-hydrogen) atoms. The number of aromatic nitrogens is 3. The number of carbonyl (C=O) groups is 2. The molecule has 0 unspecified atom stereocenters. The maximum absolute atomic E-state index is 13.4. The van der Waals surface area contributed by atoms with E-state index in [2.05, 4.69) is 29.5 Å². The van der Waals surface area contributed by atoms with Crippen LogP contribution in [0.4, 0.5) is 0 Å². The fourth-order valence-electron chi connectivity index (χ4n) is 3.29. The maximum Gasteiger partial charge on any atom is 0.250 e. The summed E-state index contributed by atoms with van der Waals surface area (Å²) in [6, 6.07) is 9.99. The van der Waals surface area contributed by atoms with Crippen molar-refractivity contribution in [3.05, 3.63) is 48.4 Å². The number of benzene rings is 1. The summed E-state index contributed by atoms with van der Waals surface area (Å²) in [5.74, 6) is 0.221. The van der Waals surface area contributed by atoms with Crippen molar-refractivity contribution >= 4 is 22.8 Å². The van der Waals surface area contributed by atoms with Crippen LogP contribution in [0.25, 0.3) is 11.0 Å². The highest BCUT2D eigenvalue weighted by Gasteiger charge is 2.33. The number of nitrogens with zero attached hydrogens (tertiary/aromatic N) is 4. The van der Waals surface area contributed by atoms with Gasteiger partial charge in [0.05, 0.1) is 18.4 Å². The molecule has 0 radical (unpaired) electrons. The Morgan fingerprint density at radius 1 is 1.23 bits per heavy atom.